The zero-order valence-electron chi connectivity index (χ0n) is 10.4. The Bertz CT molecular complexity index is 508. The highest BCUT2D eigenvalue weighted by molar-refractivity contribution is 7.15. The lowest BCUT2D eigenvalue weighted by molar-refractivity contribution is 1.10. The predicted molar refractivity (Wildman–Crippen MR) is 73.9 cm³/mol. The number of nitrogens with zero attached hydrogens (tertiary/aromatic N) is 1. The molecule has 0 aliphatic heterocycles. The van der Waals surface area contributed by atoms with E-state index in [4.69, 9.17) is 5.73 Å². The van der Waals surface area contributed by atoms with E-state index in [0.29, 0.717) is 6.54 Å². The molecule has 1 heterocycles. The fourth-order valence-electron chi connectivity index (χ4n) is 1.94. The van der Waals surface area contributed by atoms with Gasteiger partial charge in [0.15, 0.2) is 5.13 Å². The van der Waals surface area contributed by atoms with Gasteiger partial charge in [0.05, 0.1) is 0 Å². The molecule has 2 aromatic rings. The number of hydrogen-bond donors (Lipinski definition) is 2. The van der Waals surface area contributed by atoms with Gasteiger partial charge in [0.2, 0.25) is 0 Å². The minimum atomic E-state index is 0.547. The van der Waals surface area contributed by atoms with Gasteiger partial charge in [0.25, 0.3) is 0 Å². The summed E-state index contributed by atoms with van der Waals surface area (Å²) < 4.78 is 0. The number of aromatic nitrogens is 1. The summed E-state index contributed by atoms with van der Waals surface area (Å²) in [7, 11) is 0. The number of nitrogens with one attached hydrogen (secondary N) is 1. The van der Waals surface area contributed by atoms with Crippen LogP contribution in [-0.2, 0) is 6.54 Å². The van der Waals surface area contributed by atoms with Gasteiger partial charge >= 0.3 is 0 Å². The molecular formula is C13H17N3S. The maximum Gasteiger partial charge on any atom is 0.187 e. The van der Waals surface area contributed by atoms with E-state index in [1.165, 1.54) is 16.7 Å². The molecule has 1 aromatic carbocycles. The van der Waals surface area contributed by atoms with E-state index in [0.717, 1.165) is 15.7 Å². The number of aryl methyl sites for hydroxylation is 3. The number of benzene rings is 1. The van der Waals surface area contributed by atoms with E-state index in [1.54, 1.807) is 11.3 Å². The molecule has 1 aromatic heterocycles. The topological polar surface area (TPSA) is 50.9 Å². The lowest BCUT2D eigenvalue weighted by Crippen LogP contribution is -1.96. The maximum absolute atomic E-state index is 5.58. The fraction of sp³-hybridized carbons (Fsp3) is 0.308. The van der Waals surface area contributed by atoms with Crippen LogP contribution in [0.2, 0.25) is 0 Å². The molecule has 17 heavy (non-hydrogen) atoms. The molecule has 90 valence electrons. The van der Waals surface area contributed by atoms with Gasteiger partial charge in [-0.2, -0.15) is 0 Å². The SMILES string of the molecule is Cc1cc(C)c(Nc2ncc(CN)s2)c(C)c1. The van der Waals surface area contributed by atoms with Crippen molar-refractivity contribution in [3.05, 3.63) is 39.9 Å². The molecule has 2 rings (SSSR count). The minimum Gasteiger partial charge on any atom is -0.331 e. The quantitative estimate of drug-likeness (QED) is 0.875. The molecule has 0 spiro atoms. The largest absolute Gasteiger partial charge is 0.331 e. The third-order valence-corrected chi connectivity index (χ3v) is 3.60. The smallest absolute Gasteiger partial charge is 0.187 e. The van der Waals surface area contributed by atoms with Crippen LogP contribution >= 0.6 is 11.3 Å². The summed E-state index contributed by atoms with van der Waals surface area (Å²) in [5, 5.41) is 4.28. The van der Waals surface area contributed by atoms with Crippen LogP contribution in [0.25, 0.3) is 0 Å². The van der Waals surface area contributed by atoms with E-state index < -0.39 is 0 Å². The van der Waals surface area contributed by atoms with Crippen molar-refractivity contribution in [3.8, 4) is 0 Å². The number of rotatable bonds is 3. The van der Waals surface area contributed by atoms with Crippen LogP contribution < -0.4 is 11.1 Å². The summed E-state index contributed by atoms with van der Waals surface area (Å²) in [6.07, 6.45) is 1.83. The molecular weight excluding hydrogens is 230 g/mol. The van der Waals surface area contributed by atoms with Gasteiger partial charge in [-0.05, 0) is 31.9 Å². The Hall–Kier alpha value is -1.39. The van der Waals surface area contributed by atoms with E-state index in [-0.39, 0.29) is 0 Å². The molecule has 0 saturated heterocycles. The van der Waals surface area contributed by atoms with Crippen LogP contribution in [0.15, 0.2) is 18.3 Å². The molecule has 0 saturated carbocycles. The first-order chi connectivity index (χ1) is 8.10. The van der Waals surface area contributed by atoms with Gasteiger partial charge in [-0.3, -0.25) is 0 Å². The van der Waals surface area contributed by atoms with Crippen LogP contribution in [0.4, 0.5) is 10.8 Å². The number of hydrogen-bond acceptors (Lipinski definition) is 4. The first kappa shape index (κ1) is 12.1. The molecule has 3 N–H and O–H groups in total. The van der Waals surface area contributed by atoms with Crippen molar-refractivity contribution in [2.45, 2.75) is 27.3 Å². The van der Waals surface area contributed by atoms with Gasteiger partial charge in [0, 0.05) is 23.3 Å². The lowest BCUT2D eigenvalue weighted by atomic mass is 10.1. The Morgan fingerprint density at radius 2 is 1.88 bits per heavy atom. The summed E-state index contributed by atoms with van der Waals surface area (Å²) in [4.78, 5) is 5.41. The zero-order valence-corrected chi connectivity index (χ0v) is 11.2. The van der Waals surface area contributed by atoms with Crippen molar-refractivity contribution in [2.75, 3.05) is 5.32 Å². The normalized spacial score (nSPS) is 10.6. The average Bonchev–Trinajstić information content (AvgIpc) is 2.71. The molecule has 0 bridgehead atoms. The van der Waals surface area contributed by atoms with Crippen molar-refractivity contribution in [3.63, 3.8) is 0 Å². The second kappa shape index (κ2) is 4.85. The van der Waals surface area contributed by atoms with Crippen molar-refractivity contribution in [2.24, 2.45) is 5.73 Å². The van der Waals surface area contributed by atoms with Gasteiger partial charge in [-0.15, -0.1) is 11.3 Å². The standard InChI is InChI=1S/C13H17N3S/c1-8-4-9(2)12(10(3)5-8)16-13-15-7-11(6-14)17-13/h4-5,7H,6,14H2,1-3H3,(H,15,16). The summed E-state index contributed by atoms with van der Waals surface area (Å²) in [5.74, 6) is 0. The number of nitrogens with two attached hydrogens (primary N) is 1. The fourth-order valence-corrected chi connectivity index (χ4v) is 2.64. The molecule has 0 radical (unpaired) electrons. The summed E-state index contributed by atoms with van der Waals surface area (Å²) in [5.41, 5.74) is 10.5. The molecule has 0 aliphatic rings. The van der Waals surface area contributed by atoms with E-state index in [2.05, 4.69) is 43.2 Å². The van der Waals surface area contributed by atoms with Crippen molar-refractivity contribution >= 4 is 22.2 Å². The second-order valence-electron chi connectivity index (χ2n) is 4.23. The van der Waals surface area contributed by atoms with E-state index >= 15 is 0 Å². The van der Waals surface area contributed by atoms with Gasteiger partial charge < -0.3 is 11.1 Å². The molecule has 0 amide bonds. The van der Waals surface area contributed by atoms with Crippen molar-refractivity contribution in [1.29, 1.82) is 0 Å². The highest BCUT2D eigenvalue weighted by Crippen LogP contribution is 2.28. The number of thiazole rings is 1. The summed E-state index contributed by atoms with van der Waals surface area (Å²) in [6, 6.07) is 4.35. The second-order valence-corrected chi connectivity index (χ2v) is 5.35. The highest BCUT2D eigenvalue weighted by Gasteiger charge is 2.06. The Balaban J connectivity index is 2.29. The number of anilines is 2. The molecule has 3 nitrogen and oxygen atoms in total. The molecule has 4 heteroatoms. The van der Waals surface area contributed by atoms with Crippen LogP contribution in [0.3, 0.4) is 0 Å². The van der Waals surface area contributed by atoms with Crippen molar-refractivity contribution in [1.82, 2.24) is 4.98 Å². The van der Waals surface area contributed by atoms with Crippen LogP contribution in [0, 0.1) is 20.8 Å². The first-order valence-electron chi connectivity index (χ1n) is 5.60. The van der Waals surface area contributed by atoms with Crippen LogP contribution in [0.1, 0.15) is 21.6 Å². The Labute approximate surface area is 106 Å². The molecule has 0 atom stereocenters. The van der Waals surface area contributed by atoms with E-state index in [1.807, 2.05) is 6.20 Å². The maximum atomic E-state index is 5.58. The molecule has 0 aliphatic carbocycles. The molecule has 0 fully saturated rings. The van der Waals surface area contributed by atoms with Crippen molar-refractivity contribution < 1.29 is 0 Å². The third-order valence-electron chi connectivity index (χ3n) is 2.66. The molecule has 0 unspecified atom stereocenters. The predicted octanol–water partition coefficient (Wildman–Crippen LogP) is 3.27. The van der Waals surface area contributed by atoms with Crippen LogP contribution in [-0.4, -0.2) is 4.98 Å². The highest BCUT2D eigenvalue weighted by atomic mass is 32.1. The Kier molecular flexibility index (Phi) is 3.45. The van der Waals surface area contributed by atoms with Crippen LogP contribution in [0.5, 0.6) is 0 Å². The minimum absolute atomic E-state index is 0.547. The van der Waals surface area contributed by atoms with E-state index in [9.17, 15) is 0 Å². The third kappa shape index (κ3) is 2.65. The monoisotopic (exact) mass is 247 g/mol. The average molecular weight is 247 g/mol. The van der Waals surface area contributed by atoms with Gasteiger partial charge in [0.1, 0.15) is 0 Å². The first-order valence-corrected chi connectivity index (χ1v) is 6.41. The van der Waals surface area contributed by atoms with Gasteiger partial charge in [-0.1, -0.05) is 17.7 Å². The Morgan fingerprint density at radius 1 is 1.24 bits per heavy atom. The lowest BCUT2D eigenvalue weighted by Gasteiger charge is -2.11. The Morgan fingerprint density at radius 3 is 2.41 bits per heavy atom. The summed E-state index contributed by atoms with van der Waals surface area (Å²) >= 11 is 1.60. The summed E-state index contributed by atoms with van der Waals surface area (Å²) in [6.45, 7) is 6.88. The van der Waals surface area contributed by atoms with Gasteiger partial charge in [-0.25, -0.2) is 4.98 Å². The zero-order chi connectivity index (χ0) is 12.4.